The Bertz CT molecular complexity index is 585. The highest BCUT2D eigenvalue weighted by Crippen LogP contribution is 2.35. The highest BCUT2D eigenvalue weighted by Gasteiger charge is 2.18. The van der Waals surface area contributed by atoms with E-state index in [-0.39, 0.29) is 11.4 Å². The van der Waals surface area contributed by atoms with Crippen molar-refractivity contribution in [1.82, 2.24) is 0 Å². The van der Waals surface area contributed by atoms with Crippen molar-refractivity contribution < 1.29 is 9.66 Å². The van der Waals surface area contributed by atoms with E-state index in [4.69, 9.17) is 4.74 Å². The van der Waals surface area contributed by atoms with Crippen molar-refractivity contribution in [2.45, 2.75) is 6.61 Å². The number of nitro benzene ring substituents is 1. The molecule has 0 aliphatic rings. The van der Waals surface area contributed by atoms with Crippen LogP contribution in [0.15, 0.2) is 38.6 Å². The molecule has 0 radical (unpaired) electrons. The zero-order valence-corrected chi connectivity index (χ0v) is 12.9. The molecule has 18 heavy (non-hydrogen) atoms. The minimum atomic E-state index is -0.454. The van der Waals surface area contributed by atoms with E-state index in [1.54, 1.807) is 12.1 Å². The Labute approximate surface area is 124 Å². The van der Waals surface area contributed by atoms with Crippen LogP contribution in [-0.4, -0.2) is 4.92 Å². The summed E-state index contributed by atoms with van der Waals surface area (Å²) in [6.45, 7) is 0.305. The molecule has 0 bridgehead atoms. The predicted octanol–water partition coefficient (Wildman–Crippen LogP) is 4.76. The number of para-hydroxylation sites is 1. The second-order valence-corrected chi connectivity index (χ2v) is 6.74. The molecular formula is C11H7Br2NO3S. The fourth-order valence-electron chi connectivity index (χ4n) is 1.36. The maximum absolute atomic E-state index is 10.9. The first kappa shape index (κ1) is 13.5. The minimum Gasteiger partial charge on any atom is -0.480 e. The lowest BCUT2D eigenvalue weighted by molar-refractivity contribution is -0.386. The molecule has 2 aromatic rings. The number of ether oxygens (including phenoxy) is 1. The largest absolute Gasteiger partial charge is 0.480 e. The van der Waals surface area contributed by atoms with E-state index in [1.807, 2.05) is 12.1 Å². The summed E-state index contributed by atoms with van der Waals surface area (Å²) in [5, 5.41) is 10.9. The Morgan fingerprint density at radius 3 is 2.67 bits per heavy atom. The number of benzene rings is 1. The number of thiophene rings is 1. The van der Waals surface area contributed by atoms with Crippen molar-refractivity contribution in [3.05, 3.63) is 53.6 Å². The molecule has 0 fully saturated rings. The van der Waals surface area contributed by atoms with Gasteiger partial charge in [-0.25, -0.2) is 0 Å². The average molecular weight is 393 g/mol. The molecule has 2 rings (SSSR count). The number of hydrogen-bond donors (Lipinski definition) is 0. The molecule has 0 saturated carbocycles. The molecule has 4 nitrogen and oxygen atoms in total. The maximum Gasteiger partial charge on any atom is 0.312 e. The number of nitro groups is 1. The lowest BCUT2D eigenvalue weighted by Gasteiger charge is -2.07. The molecule has 1 aromatic carbocycles. The van der Waals surface area contributed by atoms with Crippen LogP contribution in [0.2, 0.25) is 0 Å². The summed E-state index contributed by atoms with van der Waals surface area (Å²) < 4.78 is 7.11. The Balaban J connectivity index is 2.20. The van der Waals surface area contributed by atoms with Crippen LogP contribution in [0.25, 0.3) is 0 Å². The van der Waals surface area contributed by atoms with Crippen molar-refractivity contribution >= 4 is 48.9 Å². The van der Waals surface area contributed by atoms with Crippen molar-refractivity contribution in [2.75, 3.05) is 0 Å². The zero-order chi connectivity index (χ0) is 13.1. The van der Waals surface area contributed by atoms with Crippen molar-refractivity contribution in [2.24, 2.45) is 0 Å². The van der Waals surface area contributed by atoms with Gasteiger partial charge in [-0.2, -0.15) is 0 Å². The molecule has 7 heteroatoms. The Morgan fingerprint density at radius 1 is 1.28 bits per heavy atom. The fourth-order valence-corrected chi connectivity index (χ4v) is 3.22. The topological polar surface area (TPSA) is 52.4 Å². The van der Waals surface area contributed by atoms with Gasteiger partial charge >= 0.3 is 5.69 Å². The van der Waals surface area contributed by atoms with Gasteiger partial charge in [0.2, 0.25) is 5.75 Å². The number of rotatable bonds is 4. The SMILES string of the molecule is O=[N+]([O-])c1cccc(Br)c1OCc1ccc(Br)s1. The third kappa shape index (κ3) is 3.09. The van der Waals surface area contributed by atoms with E-state index < -0.39 is 4.92 Å². The molecular weight excluding hydrogens is 386 g/mol. The number of halogens is 2. The highest BCUT2D eigenvalue weighted by molar-refractivity contribution is 9.11. The van der Waals surface area contributed by atoms with Crippen LogP contribution in [0, 0.1) is 10.1 Å². The zero-order valence-electron chi connectivity index (χ0n) is 8.93. The van der Waals surface area contributed by atoms with Gasteiger partial charge in [-0.1, -0.05) is 6.07 Å². The highest BCUT2D eigenvalue weighted by atomic mass is 79.9. The standard InChI is InChI=1S/C11H7Br2NO3S/c12-8-2-1-3-9(14(15)16)11(8)17-6-7-4-5-10(13)18-7/h1-5H,6H2. The smallest absolute Gasteiger partial charge is 0.312 e. The van der Waals surface area contributed by atoms with Crippen LogP contribution >= 0.6 is 43.2 Å². The Kier molecular flexibility index (Phi) is 4.36. The number of nitrogens with zero attached hydrogens (tertiary/aromatic N) is 1. The molecule has 0 spiro atoms. The van der Waals surface area contributed by atoms with Crippen molar-refractivity contribution in [1.29, 1.82) is 0 Å². The lowest BCUT2D eigenvalue weighted by atomic mass is 10.3. The van der Waals surface area contributed by atoms with Gasteiger partial charge in [-0.3, -0.25) is 10.1 Å². The fraction of sp³-hybridized carbons (Fsp3) is 0.0909. The molecule has 0 aliphatic carbocycles. The van der Waals surface area contributed by atoms with E-state index in [0.29, 0.717) is 11.1 Å². The van der Waals surface area contributed by atoms with Crippen LogP contribution in [0.4, 0.5) is 5.69 Å². The first-order valence-corrected chi connectivity index (χ1v) is 7.28. The number of hydrogen-bond acceptors (Lipinski definition) is 4. The van der Waals surface area contributed by atoms with E-state index in [2.05, 4.69) is 31.9 Å². The molecule has 0 saturated heterocycles. The van der Waals surface area contributed by atoms with Crippen LogP contribution in [0.3, 0.4) is 0 Å². The first-order valence-electron chi connectivity index (χ1n) is 4.88. The van der Waals surface area contributed by atoms with E-state index in [1.165, 1.54) is 17.4 Å². The molecule has 0 amide bonds. The average Bonchev–Trinajstić information content (AvgIpc) is 2.73. The summed E-state index contributed by atoms with van der Waals surface area (Å²) in [6, 6.07) is 8.57. The van der Waals surface area contributed by atoms with Gasteiger partial charge in [0.25, 0.3) is 0 Å². The first-order chi connectivity index (χ1) is 8.58. The van der Waals surface area contributed by atoms with Gasteiger partial charge in [0.05, 0.1) is 13.2 Å². The van der Waals surface area contributed by atoms with Crippen molar-refractivity contribution in [3.63, 3.8) is 0 Å². The summed E-state index contributed by atoms with van der Waals surface area (Å²) in [5.41, 5.74) is -0.0417. The van der Waals surface area contributed by atoms with Gasteiger partial charge in [-0.05, 0) is 50.1 Å². The third-order valence-corrected chi connectivity index (χ3v) is 4.35. The van der Waals surface area contributed by atoms with Crippen LogP contribution in [-0.2, 0) is 6.61 Å². The van der Waals surface area contributed by atoms with Crippen molar-refractivity contribution in [3.8, 4) is 5.75 Å². The molecule has 0 aliphatic heterocycles. The normalized spacial score (nSPS) is 10.3. The quantitative estimate of drug-likeness (QED) is 0.556. The van der Waals surface area contributed by atoms with Gasteiger partial charge in [0, 0.05) is 10.9 Å². The van der Waals surface area contributed by atoms with Gasteiger partial charge in [0.15, 0.2) is 0 Å². The van der Waals surface area contributed by atoms with Crippen LogP contribution in [0.1, 0.15) is 4.88 Å². The van der Waals surface area contributed by atoms with Crippen LogP contribution < -0.4 is 4.74 Å². The molecule has 94 valence electrons. The summed E-state index contributed by atoms with van der Waals surface area (Å²) in [7, 11) is 0. The molecule has 0 atom stereocenters. The second-order valence-electron chi connectivity index (χ2n) is 3.34. The maximum atomic E-state index is 10.9. The van der Waals surface area contributed by atoms with E-state index >= 15 is 0 Å². The summed E-state index contributed by atoms with van der Waals surface area (Å²) in [4.78, 5) is 11.4. The molecule has 0 unspecified atom stereocenters. The summed E-state index contributed by atoms with van der Waals surface area (Å²) >= 11 is 8.15. The van der Waals surface area contributed by atoms with Crippen LogP contribution in [0.5, 0.6) is 5.75 Å². The van der Waals surface area contributed by atoms with Gasteiger partial charge in [0.1, 0.15) is 6.61 Å². The summed E-state index contributed by atoms with van der Waals surface area (Å²) in [5.74, 6) is 0.257. The lowest BCUT2D eigenvalue weighted by Crippen LogP contribution is -1.98. The molecule has 0 N–H and O–H groups in total. The predicted molar refractivity (Wildman–Crippen MR) is 77.1 cm³/mol. The molecule has 1 aromatic heterocycles. The Morgan fingerprint density at radius 2 is 2.06 bits per heavy atom. The Hall–Kier alpha value is -0.920. The molecule has 1 heterocycles. The third-order valence-electron chi connectivity index (χ3n) is 2.13. The van der Waals surface area contributed by atoms with Gasteiger partial charge in [-0.15, -0.1) is 11.3 Å². The summed E-state index contributed by atoms with van der Waals surface area (Å²) in [6.07, 6.45) is 0. The van der Waals surface area contributed by atoms with Gasteiger partial charge < -0.3 is 4.74 Å². The second kappa shape index (κ2) is 5.81. The van der Waals surface area contributed by atoms with E-state index in [9.17, 15) is 10.1 Å². The van der Waals surface area contributed by atoms with E-state index in [0.717, 1.165) is 8.66 Å². The minimum absolute atomic E-state index is 0.0417. The monoisotopic (exact) mass is 391 g/mol.